The zero-order valence-corrected chi connectivity index (χ0v) is 34.1. The van der Waals surface area contributed by atoms with Crippen molar-refractivity contribution in [1.82, 2.24) is 40.4 Å². The molecule has 4 N–H and O–H groups in total. The number of aromatic nitrogens is 4. The molecule has 0 spiro atoms. The van der Waals surface area contributed by atoms with E-state index in [1.807, 2.05) is 49.8 Å². The summed E-state index contributed by atoms with van der Waals surface area (Å²) < 4.78 is 9.63. The van der Waals surface area contributed by atoms with E-state index < -0.39 is 24.3 Å². The SMILES string of the molecule is CCC(C)C(NC(=O)OC)C(=O)N1CCCC1c1ncc(-c2ccc3cc(-c4ccc5nc(C6CCCN6C(=O)C(NC(=O)OC)C(C)CC)[nH]c5c4)ccc3c2)[nH]1. The number of nitrogens with one attached hydrogen (secondary N) is 4. The number of hydrogen-bond donors (Lipinski definition) is 4. The second-order valence-electron chi connectivity index (χ2n) is 15.7. The Hall–Kier alpha value is -5.92. The topological polar surface area (TPSA) is 175 Å². The standard InChI is InChI=1S/C44H54N8O6/c1-7-25(3)37(49-43(55)57-5)41(53)51-19-9-11-35(51)39-45-24-34(48-39)31-16-15-27-21-28(13-14-29(27)22-31)30-17-18-32-33(23-30)47-40(46-32)36-12-10-20-52(36)42(54)38(26(4)8-2)50-44(56)58-6/h13-18,21-26,35-38H,7-12,19-20H2,1-6H3,(H,45,48)(H,46,47)(H,49,55)(H,50,56). The first kappa shape index (κ1) is 40.3. The molecule has 6 atom stereocenters. The van der Waals surface area contributed by atoms with Crippen LogP contribution in [0.15, 0.2) is 60.8 Å². The molecule has 2 saturated heterocycles. The van der Waals surface area contributed by atoms with Crippen LogP contribution in [0.25, 0.3) is 44.2 Å². The minimum atomic E-state index is -0.679. The summed E-state index contributed by atoms with van der Waals surface area (Å²) in [4.78, 5) is 72.1. The van der Waals surface area contributed by atoms with Crippen molar-refractivity contribution < 1.29 is 28.7 Å². The van der Waals surface area contributed by atoms with E-state index in [1.165, 1.54) is 14.2 Å². The fraction of sp³-hybridized carbons (Fsp3) is 0.455. The van der Waals surface area contributed by atoms with Crippen molar-refractivity contribution in [3.8, 4) is 22.4 Å². The molecule has 2 aliphatic rings. The number of likely N-dealkylation sites (tertiary alicyclic amines) is 2. The number of ether oxygens (including phenoxy) is 2. The number of nitrogens with zero attached hydrogens (tertiary/aromatic N) is 4. The zero-order chi connectivity index (χ0) is 41.1. The van der Waals surface area contributed by atoms with Gasteiger partial charge in [-0.2, -0.15) is 0 Å². The fourth-order valence-electron chi connectivity index (χ4n) is 8.34. The molecule has 0 radical (unpaired) electrons. The van der Waals surface area contributed by atoms with Crippen LogP contribution >= 0.6 is 0 Å². The lowest BCUT2D eigenvalue weighted by Gasteiger charge is -2.30. The second kappa shape index (κ2) is 17.3. The van der Waals surface area contributed by atoms with E-state index in [-0.39, 0.29) is 35.7 Å². The van der Waals surface area contributed by atoms with Gasteiger partial charge in [-0.05, 0) is 83.7 Å². The number of fused-ring (bicyclic) bond motifs is 2. The van der Waals surface area contributed by atoms with E-state index >= 15 is 0 Å². The molecule has 306 valence electrons. The fourth-order valence-corrected chi connectivity index (χ4v) is 8.34. The van der Waals surface area contributed by atoms with E-state index in [0.29, 0.717) is 13.1 Å². The third-order valence-electron chi connectivity index (χ3n) is 12.2. The Labute approximate surface area is 338 Å². The van der Waals surface area contributed by atoms with Crippen molar-refractivity contribution >= 4 is 45.8 Å². The van der Waals surface area contributed by atoms with E-state index in [1.54, 1.807) is 0 Å². The predicted octanol–water partition coefficient (Wildman–Crippen LogP) is 7.64. The lowest BCUT2D eigenvalue weighted by molar-refractivity contribution is -0.136. The number of amides is 4. The molecule has 2 aliphatic heterocycles. The Morgan fingerprint density at radius 2 is 1.24 bits per heavy atom. The van der Waals surface area contributed by atoms with Gasteiger partial charge in [-0.25, -0.2) is 19.6 Å². The normalized spacial score (nSPS) is 18.9. The highest BCUT2D eigenvalue weighted by molar-refractivity contribution is 5.92. The number of H-pyrrole nitrogens is 2. The van der Waals surface area contributed by atoms with Crippen LogP contribution in [0.5, 0.6) is 0 Å². The Morgan fingerprint density at radius 3 is 1.81 bits per heavy atom. The van der Waals surface area contributed by atoms with Crippen LogP contribution in [0, 0.1) is 11.8 Å². The van der Waals surface area contributed by atoms with E-state index in [0.717, 1.165) is 94.4 Å². The van der Waals surface area contributed by atoms with Crippen molar-refractivity contribution in [3.63, 3.8) is 0 Å². The van der Waals surface area contributed by atoms with Gasteiger partial charge in [0.25, 0.3) is 0 Å². The quantitative estimate of drug-likeness (QED) is 0.0998. The van der Waals surface area contributed by atoms with Crippen LogP contribution < -0.4 is 10.6 Å². The second-order valence-corrected chi connectivity index (χ2v) is 15.7. The number of benzene rings is 3. The van der Waals surface area contributed by atoms with Crippen molar-refractivity contribution in [2.24, 2.45) is 11.8 Å². The van der Waals surface area contributed by atoms with Crippen LogP contribution in [0.4, 0.5) is 9.59 Å². The highest BCUT2D eigenvalue weighted by atomic mass is 16.5. The number of aromatic amines is 2. The first-order chi connectivity index (χ1) is 28.0. The van der Waals surface area contributed by atoms with Crippen molar-refractivity contribution in [2.45, 2.75) is 90.4 Å². The molecule has 7 rings (SSSR count). The molecule has 4 amide bonds. The maximum atomic E-state index is 13.8. The van der Waals surface area contributed by atoms with Gasteiger partial charge < -0.3 is 39.9 Å². The molecule has 5 aromatic rings. The smallest absolute Gasteiger partial charge is 0.407 e. The minimum absolute atomic E-state index is 0.0568. The van der Waals surface area contributed by atoms with Crippen molar-refractivity contribution in [3.05, 3.63) is 72.4 Å². The first-order valence-electron chi connectivity index (χ1n) is 20.4. The summed E-state index contributed by atoms with van der Waals surface area (Å²) >= 11 is 0. The van der Waals surface area contributed by atoms with Crippen LogP contribution in [-0.2, 0) is 19.1 Å². The highest BCUT2D eigenvalue weighted by Crippen LogP contribution is 2.36. The molecule has 14 nitrogen and oxygen atoms in total. The maximum Gasteiger partial charge on any atom is 0.407 e. The third kappa shape index (κ3) is 8.09. The summed E-state index contributed by atoms with van der Waals surface area (Å²) in [5.74, 6) is 1.11. The minimum Gasteiger partial charge on any atom is -0.453 e. The third-order valence-corrected chi connectivity index (χ3v) is 12.2. The summed E-state index contributed by atoms with van der Waals surface area (Å²) in [6, 6.07) is 17.1. The average molecular weight is 791 g/mol. The first-order valence-corrected chi connectivity index (χ1v) is 20.4. The molecule has 58 heavy (non-hydrogen) atoms. The number of carbonyl (C=O) groups excluding carboxylic acids is 4. The molecule has 0 bridgehead atoms. The van der Waals surface area contributed by atoms with Gasteiger partial charge in [0.15, 0.2) is 0 Å². The van der Waals surface area contributed by atoms with Crippen LogP contribution in [0.1, 0.15) is 90.0 Å². The summed E-state index contributed by atoms with van der Waals surface area (Å²) in [6.07, 6.45) is 5.32. The Balaban J connectivity index is 1.07. The van der Waals surface area contributed by atoms with Crippen LogP contribution in [-0.4, -0.2) is 93.1 Å². The summed E-state index contributed by atoms with van der Waals surface area (Å²) in [5.41, 5.74) is 5.67. The number of rotatable bonds is 12. The molecule has 14 heteroatoms. The molecule has 3 aromatic carbocycles. The van der Waals surface area contributed by atoms with Gasteiger partial charge in [-0.1, -0.05) is 70.9 Å². The average Bonchev–Trinajstić information content (AvgIpc) is 4.09. The lowest BCUT2D eigenvalue weighted by atomic mass is 9.97. The van der Waals surface area contributed by atoms with Crippen molar-refractivity contribution in [1.29, 1.82) is 0 Å². The van der Waals surface area contributed by atoms with Gasteiger partial charge in [-0.3, -0.25) is 9.59 Å². The van der Waals surface area contributed by atoms with Gasteiger partial charge in [-0.15, -0.1) is 0 Å². The van der Waals surface area contributed by atoms with Gasteiger partial charge in [0.05, 0.1) is 49.2 Å². The lowest BCUT2D eigenvalue weighted by Crippen LogP contribution is -2.51. The number of carbonyl (C=O) groups is 4. The van der Waals surface area contributed by atoms with Crippen molar-refractivity contribution in [2.75, 3.05) is 27.3 Å². The van der Waals surface area contributed by atoms with Crippen LogP contribution in [0.2, 0.25) is 0 Å². The maximum absolute atomic E-state index is 13.8. The molecule has 4 heterocycles. The van der Waals surface area contributed by atoms with E-state index in [4.69, 9.17) is 19.4 Å². The summed E-state index contributed by atoms with van der Waals surface area (Å²) in [5, 5.41) is 7.68. The monoisotopic (exact) mass is 790 g/mol. The molecule has 0 saturated carbocycles. The van der Waals surface area contributed by atoms with Gasteiger partial charge in [0.2, 0.25) is 11.8 Å². The number of hydrogen-bond acceptors (Lipinski definition) is 8. The highest BCUT2D eigenvalue weighted by Gasteiger charge is 2.39. The van der Waals surface area contributed by atoms with E-state index in [9.17, 15) is 19.2 Å². The van der Waals surface area contributed by atoms with Gasteiger partial charge in [0.1, 0.15) is 23.7 Å². The Kier molecular flexibility index (Phi) is 12.0. The summed E-state index contributed by atoms with van der Waals surface area (Å²) in [6.45, 7) is 9.11. The number of methoxy groups -OCH3 is 2. The number of imidazole rings is 2. The molecule has 0 aliphatic carbocycles. The Bertz CT molecular complexity index is 2300. The molecule has 6 unspecified atom stereocenters. The molecular weight excluding hydrogens is 737 g/mol. The largest absolute Gasteiger partial charge is 0.453 e. The van der Waals surface area contributed by atoms with Gasteiger partial charge >= 0.3 is 12.2 Å². The number of alkyl carbamates (subject to hydrolysis) is 2. The van der Waals surface area contributed by atoms with Crippen LogP contribution in [0.3, 0.4) is 0 Å². The molecular formula is C44H54N8O6. The molecule has 2 fully saturated rings. The van der Waals surface area contributed by atoms with Gasteiger partial charge in [0, 0.05) is 18.7 Å². The molecule has 2 aromatic heterocycles. The zero-order valence-electron chi connectivity index (χ0n) is 34.1. The van der Waals surface area contributed by atoms with E-state index in [2.05, 4.69) is 69.1 Å². The Morgan fingerprint density at radius 1 is 0.724 bits per heavy atom. The summed E-state index contributed by atoms with van der Waals surface area (Å²) in [7, 11) is 2.60. The predicted molar refractivity (Wildman–Crippen MR) is 222 cm³/mol.